The number of allylic oxidation sites excluding steroid dienone is 2. The Labute approximate surface area is 159 Å². The predicted octanol–water partition coefficient (Wildman–Crippen LogP) is 6.38. The largest absolute Gasteiger partial charge is 0.378 e. The predicted molar refractivity (Wildman–Crippen MR) is 101 cm³/mol. The molecule has 0 fully saturated rings. The van der Waals surface area contributed by atoms with Gasteiger partial charge in [0.1, 0.15) is 0 Å². The van der Waals surface area contributed by atoms with Gasteiger partial charge in [0.05, 0.1) is 11.0 Å². The van der Waals surface area contributed by atoms with Gasteiger partial charge in [-0.2, -0.15) is 0 Å². The molecule has 2 aromatic carbocycles. The van der Waals surface area contributed by atoms with E-state index in [2.05, 4.69) is 17.5 Å². The molecule has 2 aliphatic rings. The van der Waals surface area contributed by atoms with Gasteiger partial charge in [0.15, 0.2) is 0 Å². The molecule has 1 aliphatic carbocycles. The van der Waals surface area contributed by atoms with Crippen molar-refractivity contribution in [1.82, 2.24) is 0 Å². The van der Waals surface area contributed by atoms with E-state index in [1.165, 1.54) is 6.07 Å². The summed E-state index contributed by atoms with van der Waals surface area (Å²) in [6, 6.07) is 7.97. The highest BCUT2D eigenvalue weighted by Gasteiger charge is 2.40. The summed E-state index contributed by atoms with van der Waals surface area (Å²) in [5, 5.41) is 16.3. The summed E-state index contributed by atoms with van der Waals surface area (Å²) in [7, 11) is 0. The van der Waals surface area contributed by atoms with Crippen molar-refractivity contribution in [2.75, 3.05) is 5.32 Å². The van der Waals surface area contributed by atoms with Gasteiger partial charge >= 0.3 is 0 Å². The number of halogens is 3. The van der Waals surface area contributed by atoms with Gasteiger partial charge in [-0.1, -0.05) is 47.0 Å². The van der Waals surface area contributed by atoms with Gasteiger partial charge in [0, 0.05) is 49.9 Å². The van der Waals surface area contributed by atoms with Gasteiger partial charge in [0.2, 0.25) is 0 Å². The van der Waals surface area contributed by atoms with Gasteiger partial charge < -0.3 is 5.32 Å². The summed E-state index contributed by atoms with van der Waals surface area (Å²) in [4.78, 5) is 10.7. The van der Waals surface area contributed by atoms with Crippen LogP contribution in [0.2, 0.25) is 15.1 Å². The Morgan fingerprint density at radius 2 is 1.92 bits per heavy atom. The van der Waals surface area contributed by atoms with Gasteiger partial charge in [-0.15, -0.1) is 0 Å². The average Bonchev–Trinajstić information content (AvgIpc) is 3.03. The SMILES string of the molecule is O=[N+]([O-])c1ccc(Cl)c([C@@H]2Nc3cc(Cl)cc(Cl)c3[C@@H]3C=CC[C@H]32)c1. The van der Waals surface area contributed by atoms with E-state index in [9.17, 15) is 10.1 Å². The minimum Gasteiger partial charge on any atom is -0.378 e. The third kappa shape index (κ3) is 2.78. The zero-order valence-electron chi connectivity index (χ0n) is 12.9. The van der Waals surface area contributed by atoms with Crippen LogP contribution in [0.5, 0.6) is 0 Å². The zero-order valence-corrected chi connectivity index (χ0v) is 15.1. The van der Waals surface area contributed by atoms with E-state index in [-0.39, 0.29) is 23.6 Å². The van der Waals surface area contributed by atoms with E-state index in [0.717, 1.165) is 23.2 Å². The number of benzene rings is 2. The monoisotopic (exact) mass is 394 g/mol. The number of non-ortho nitro benzene ring substituents is 1. The highest BCUT2D eigenvalue weighted by molar-refractivity contribution is 6.35. The molecule has 0 radical (unpaired) electrons. The molecule has 2 aromatic rings. The summed E-state index contributed by atoms with van der Waals surface area (Å²) >= 11 is 19.0. The number of nitrogens with zero attached hydrogens (tertiary/aromatic N) is 1. The molecular weight excluding hydrogens is 383 g/mol. The Morgan fingerprint density at radius 3 is 2.68 bits per heavy atom. The maximum absolute atomic E-state index is 11.2. The van der Waals surface area contributed by atoms with Crippen molar-refractivity contribution < 1.29 is 4.92 Å². The first-order valence-electron chi connectivity index (χ1n) is 7.81. The second-order valence-corrected chi connectivity index (χ2v) is 7.54. The van der Waals surface area contributed by atoms with Crippen LogP contribution in [0.4, 0.5) is 11.4 Å². The molecular formula is C18H13Cl3N2O2. The van der Waals surface area contributed by atoms with Crippen LogP contribution < -0.4 is 5.32 Å². The normalized spacial score (nSPS) is 23.7. The third-order valence-corrected chi connectivity index (χ3v) is 5.78. The van der Waals surface area contributed by atoms with Crippen molar-refractivity contribution in [3.8, 4) is 0 Å². The molecule has 0 spiro atoms. The van der Waals surface area contributed by atoms with Crippen LogP contribution in [0, 0.1) is 16.0 Å². The van der Waals surface area contributed by atoms with Crippen LogP contribution in [0.15, 0.2) is 42.5 Å². The van der Waals surface area contributed by atoms with Crippen molar-refractivity contribution in [1.29, 1.82) is 0 Å². The summed E-state index contributed by atoms with van der Waals surface area (Å²) in [5.74, 6) is 0.312. The van der Waals surface area contributed by atoms with Gasteiger partial charge in [0.25, 0.3) is 5.69 Å². The van der Waals surface area contributed by atoms with E-state index >= 15 is 0 Å². The van der Waals surface area contributed by atoms with Crippen molar-refractivity contribution in [2.24, 2.45) is 5.92 Å². The minimum absolute atomic E-state index is 0.0265. The van der Waals surface area contributed by atoms with E-state index in [1.54, 1.807) is 18.2 Å². The van der Waals surface area contributed by atoms with Gasteiger partial charge in [-0.05, 0) is 30.5 Å². The van der Waals surface area contributed by atoms with E-state index in [0.29, 0.717) is 15.1 Å². The highest BCUT2D eigenvalue weighted by Crippen LogP contribution is 2.53. The Bertz CT molecular complexity index is 913. The standard InChI is InChI=1S/C18H13Cl3N2O2/c19-9-6-15(21)17-11-2-1-3-12(11)18(22-16(17)7-9)13-8-10(23(24)25)4-5-14(13)20/h1-2,4-8,11-12,18,22H,3H2/t11-,12-,18-/m1/s1. The zero-order chi connectivity index (χ0) is 17.7. The summed E-state index contributed by atoms with van der Waals surface area (Å²) < 4.78 is 0. The lowest BCUT2D eigenvalue weighted by molar-refractivity contribution is -0.384. The first-order chi connectivity index (χ1) is 12.0. The first-order valence-corrected chi connectivity index (χ1v) is 8.95. The molecule has 1 heterocycles. The fraction of sp³-hybridized carbons (Fsp3) is 0.222. The van der Waals surface area contributed by atoms with Crippen LogP contribution in [-0.2, 0) is 0 Å². The lowest BCUT2D eigenvalue weighted by Gasteiger charge is -2.38. The topological polar surface area (TPSA) is 55.2 Å². The fourth-order valence-corrected chi connectivity index (χ4v) is 4.69. The van der Waals surface area contributed by atoms with Gasteiger partial charge in [-0.3, -0.25) is 10.1 Å². The highest BCUT2D eigenvalue weighted by atomic mass is 35.5. The van der Waals surface area contributed by atoms with E-state index in [1.807, 2.05) is 6.07 Å². The smallest absolute Gasteiger partial charge is 0.269 e. The minimum atomic E-state index is -0.408. The van der Waals surface area contributed by atoms with E-state index < -0.39 is 4.92 Å². The summed E-state index contributed by atoms with van der Waals surface area (Å²) in [6.45, 7) is 0. The molecule has 3 atom stereocenters. The number of nitro groups is 1. The second-order valence-electron chi connectivity index (χ2n) is 6.29. The third-order valence-electron chi connectivity index (χ3n) is 4.91. The molecule has 4 nitrogen and oxygen atoms in total. The van der Waals surface area contributed by atoms with Crippen molar-refractivity contribution in [3.63, 3.8) is 0 Å². The lowest BCUT2D eigenvalue weighted by atomic mass is 9.77. The van der Waals surface area contributed by atoms with Crippen LogP contribution in [0.3, 0.4) is 0 Å². The Balaban J connectivity index is 1.85. The first kappa shape index (κ1) is 16.7. The molecule has 0 unspecified atom stereocenters. The molecule has 7 heteroatoms. The number of hydrogen-bond donors (Lipinski definition) is 1. The van der Waals surface area contributed by atoms with E-state index in [4.69, 9.17) is 34.8 Å². The van der Waals surface area contributed by atoms with Crippen molar-refractivity contribution >= 4 is 46.2 Å². The lowest BCUT2D eigenvalue weighted by Crippen LogP contribution is -2.29. The summed E-state index contributed by atoms with van der Waals surface area (Å²) in [5.41, 5.74) is 2.61. The average molecular weight is 396 g/mol. The molecule has 0 bridgehead atoms. The molecule has 25 heavy (non-hydrogen) atoms. The van der Waals surface area contributed by atoms with Crippen LogP contribution in [0.1, 0.15) is 29.5 Å². The molecule has 0 saturated carbocycles. The number of anilines is 1. The Hall–Kier alpha value is -1.75. The van der Waals surface area contributed by atoms with Crippen molar-refractivity contribution in [3.05, 3.63) is 78.8 Å². The fourth-order valence-electron chi connectivity index (χ4n) is 3.83. The maximum atomic E-state index is 11.2. The molecule has 128 valence electrons. The quantitative estimate of drug-likeness (QED) is 0.364. The summed E-state index contributed by atoms with van der Waals surface area (Å²) in [6.07, 6.45) is 5.11. The Morgan fingerprint density at radius 1 is 1.12 bits per heavy atom. The van der Waals surface area contributed by atoms with Crippen LogP contribution >= 0.6 is 34.8 Å². The maximum Gasteiger partial charge on any atom is 0.269 e. The number of fused-ring (bicyclic) bond motifs is 3. The van der Waals surface area contributed by atoms with Gasteiger partial charge in [-0.25, -0.2) is 0 Å². The molecule has 0 amide bonds. The number of nitro benzene ring substituents is 1. The molecule has 0 saturated heterocycles. The number of rotatable bonds is 2. The second kappa shape index (κ2) is 6.20. The number of hydrogen-bond acceptors (Lipinski definition) is 3. The molecule has 0 aromatic heterocycles. The molecule has 1 N–H and O–H groups in total. The number of nitrogens with one attached hydrogen (secondary N) is 1. The molecule has 1 aliphatic heterocycles. The van der Waals surface area contributed by atoms with Crippen molar-refractivity contribution in [2.45, 2.75) is 18.4 Å². The van der Waals surface area contributed by atoms with Crippen LogP contribution in [0.25, 0.3) is 0 Å². The Kier molecular flexibility index (Phi) is 4.14. The molecule has 4 rings (SSSR count). The van der Waals surface area contributed by atoms with Crippen LogP contribution in [-0.4, -0.2) is 4.92 Å².